The SMILES string of the molecule is COc1ccc(-n2c(S[C@H](C)C(=O)c3cc(C)ccc3C)nc3ccccc32)cc1. The van der Waals surface area contributed by atoms with Crippen LogP contribution in [0.25, 0.3) is 16.7 Å². The number of nitrogens with zero attached hydrogens (tertiary/aromatic N) is 2. The summed E-state index contributed by atoms with van der Waals surface area (Å²) in [6.07, 6.45) is 0. The molecule has 5 heteroatoms. The summed E-state index contributed by atoms with van der Waals surface area (Å²) in [6, 6.07) is 21.9. The van der Waals surface area contributed by atoms with Crippen molar-refractivity contribution >= 4 is 28.6 Å². The fraction of sp³-hybridized carbons (Fsp3) is 0.200. The maximum Gasteiger partial charge on any atom is 0.176 e. The van der Waals surface area contributed by atoms with Crippen molar-refractivity contribution in [2.45, 2.75) is 31.2 Å². The molecule has 1 atom stereocenters. The van der Waals surface area contributed by atoms with Crippen molar-refractivity contribution in [3.05, 3.63) is 83.4 Å². The zero-order valence-electron chi connectivity index (χ0n) is 17.5. The summed E-state index contributed by atoms with van der Waals surface area (Å²) in [5.74, 6) is 0.922. The number of hydrogen-bond donors (Lipinski definition) is 0. The second-order valence-electron chi connectivity index (χ2n) is 7.36. The lowest BCUT2D eigenvalue weighted by molar-refractivity contribution is 0.0993. The Bertz CT molecular complexity index is 1210. The van der Waals surface area contributed by atoms with Gasteiger partial charge < -0.3 is 4.74 Å². The fourth-order valence-electron chi connectivity index (χ4n) is 3.50. The molecule has 0 aliphatic rings. The highest BCUT2D eigenvalue weighted by atomic mass is 32.2. The first-order valence-corrected chi connectivity index (χ1v) is 10.8. The highest BCUT2D eigenvalue weighted by molar-refractivity contribution is 8.00. The number of benzene rings is 3. The number of aryl methyl sites for hydroxylation is 2. The third-order valence-electron chi connectivity index (χ3n) is 5.17. The normalized spacial score (nSPS) is 12.1. The number of para-hydroxylation sites is 2. The molecule has 0 amide bonds. The highest BCUT2D eigenvalue weighted by Gasteiger charge is 2.22. The minimum atomic E-state index is -0.265. The first kappa shape index (κ1) is 20.2. The molecule has 0 spiro atoms. The molecule has 4 rings (SSSR count). The predicted octanol–water partition coefficient (Wildman–Crippen LogP) is 6.01. The van der Waals surface area contributed by atoms with E-state index in [2.05, 4.69) is 4.57 Å². The minimum Gasteiger partial charge on any atom is -0.497 e. The number of methoxy groups -OCH3 is 1. The van der Waals surface area contributed by atoms with Gasteiger partial charge in [-0.15, -0.1) is 0 Å². The molecule has 4 aromatic rings. The average molecular weight is 417 g/mol. The van der Waals surface area contributed by atoms with E-state index < -0.39 is 0 Å². The quantitative estimate of drug-likeness (QED) is 0.285. The molecule has 3 aromatic carbocycles. The summed E-state index contributed by atoms with van der Waals surface area (Å²) in [5, 5.41) is 0.534. The summed E-state index contributed by atoms with van der Waals surface area (Å²) in [5.41, 5.74) is 5.77. The zero-order chi connectivity index (χ0) is 21.3. The molecule has 1 heterocycles. The Balaban J connectivity index is 1.73. The molecule has 0 bridgehead atoms. The fourth-order valence-corrected chi connectivity index (χ4v) is 4.51. The average Bonchev–Trinajstić information content (AvgIpc) is 3.12. The number of rotatable bonds is 6. The van der Waals surface area contributed by atoms with Gasteiger partial charge in [-0.2, -0.15) is 0 Å². The van der Waals surface area contributed by atoms with Crippen molar-refractivity contribution in [3.63, 3.8) is 0 Å². The Labute approximate surface area is 180 Å². The molecule has 4 nitrogen and oxygen atoms in total. The van der Waals surface area contributed by atoms with Gasteiger partial charge in [0.05, 0.1) is 23.4 Å². The maximum absolute atomic E-state index is 13.2. The lowest BCUT2D eigenvalue weighted by atomic mass is 10.0. The van der Waals surface area contributed by atoms with Gasteiger partial charge >= 0.3 is 0 Å². The number of aromatic nitrogens is 2. The van der Waals surface area contributed by atoms with Crippen LogP contribution in [0.1, 0.15) is 28.4 Å². The molecule has 0 fully saturated rings. The van der Waals surface area contributed by atoms with Crippen LogP contribution in [-0.2, 0) is 0 Å². The summed E-state index contributed by atoms with van der Waals surface area (Å²) >= 11 is 1.49. The first-order valence-electron chi connectivity index (χ1n) is 9.88. The lowest BCUT2D eigenvalue weighted by Gasteiger charge is -2.14. The number of fused-ring (bicyclic) bond motifs is 1. The number of thioether (sulfide) groups is 1. The third kappa shape index (κ3) is 3.85. The van der Waals surface area contributed by atoms with Crippen LogP contribution < -0.4 is 4.74 Å². The molecule has 152 valence electrons. The Hall–Kier alpha value is -3.05. The van der Waals surface area contributed by atoms with Crippen LogP contribution in [0.3, 0.4) is 0 Å². The topological polar surface area (TPSA) is 44.1 Å². The zero-order valence-corrected chi connectivity index (χ0v) is 18.4. The molecule has 0 radical (unpaired) electrons. The van der Waals surface area contributed by atoms with Crippen LogP contribution in [0.4, 0.5) is 0 Å². The van der Waals surface area contributed by atoms with Crippen LogP contribution >= 0.6 is 11.8 Å². The van der Waals surface area contributed by atoms with Gasteiger partial charge in [0.2, 0.25) is 0 Å². The van der Waals surface area contributed by atoms with Crippen molar-refractivity contribution in [3.8, 4) is 11.4 Å². The number of Topliss-reactive ketones (excluding diaryl/α,β-unsaturated/α-hetero) is 1. The van der Waals surface area contributed by atoms with Gasteiger partial charge in [-0.25, -0.2) is 4.98 Å². The lowest BCUT2D eigenvalue weighted by Crippen LogP contribution is -2.16. The summed E-state index contributed by atoms with van der Waals surface area (Å²) in [7, 11) is 1.66. The number of hydrogen-bond acceptors (Lipinski definition) is 4. The summed E-state index contributed by atoms with van der Waals surface area (Å²) < 4.78 is 7.40. The number of imidazole rings is 1. The first-order chi connectivity index (χ1) is 14.5. The molecule has 0 aliphatic carbocycles. The summed E-state index contributed by atoms with van der Waals surface area (Å²) in [6.45, 7) is 5.94. The van der Waals surface area contributed by atoms with Gasteiger partial charge in [-0.3, -0.25) is 9.36 Å². The molecule has 0 N–H and O–H groups in total. The molecule has 0 saturated carbocycles. The van der Waals surface area contributed by atoms with Gasteiger partial charge in [0.1, 0.15) is 5.75 Å². The predicted molar refractivity (Wildman–Crippen MR) is 123 cm³/mol. The summed E-state index contributed by atoms with van der Waals surface area (Å²) in [4.78, 5) is 18.0. The van der Waals surface area contributed by atoms with Crippen LogP contribution in [-0.4, -0.2) is 27.7 Å². The van der Waals surface area contributed by atoms with Gasteiger partial charge in [0.25, 0.3) is 0 Å². The second kappa shape index (κ2) is 8.36. The standard InChI is InChI=1S/C25H24N2O2S/c1-16-9-10-17(2)21(15-16)24(28)18(3)30-25-26-22-7-5-6-8-23(22)27(25)19-11-13-20(29-4)14-12-19/h5-15,18H,1-4H3/t18-/m1/s1. The monoisotopic (exact) mass is 416 g/mol. The molecular formula is C25H24N2O2S. The van der Waals surface area contributed by atoms with Crippen molar-refractivity contribution < 1.29 is 9.53 Å². The van der Waals surface area contributed by atoms with E-state index >= 15 is 0 Å². The van der Waals surface area contributed by atoms with Crippen LogP contribution in [0.2, 0.25) is 0 Å². The highest BCUT2D eigenvalue weighted by Crippen LogP contribution is 2.32. The number of carbonyl (C=O) groups excluding carboxylic acids is 1. The van der Waals surface area contributed by atoms with Crippen LogP contribution in [0.5, 0.6) is 5.75 Å². The van der Waals surface area contributed by atoms with Crippen molar-refractivity contribution in [2.24, 2.45) is 0 Å². The Morgan fingerprint density at radius 2 is 1.77 bits per heavy atom. The molecule has 30 heavy (non-hydrogen) atoms. The largest absolute Gasteiger partial charge is 0.497 e. The molecule has 0 aliphatic heterocycles. The number of ether oxygens (including phenoxy) is 1. The molecule has 0 saturated heterocycles. The Kier molecular flexibility index (Phi) is 5.64. The van der Waals surface area contributed by atoms with Gasteiger partial charge in [0.15, 0.2) is 10.9 Å². The smallest absolute Gasteiger partial charge is 0.176 e. The van der Waals surface area contributed by atoms with E-state index in [1.54, 1.807) is 7.11 Å². The van der Waals surface area contributed by atoms with E-state index in [-0.39, 0.29) is 11.0 Å². The van der Waals surface area contributed by atoms with E-state index in [0.29, 0.717) is 0 Å². The van der Waals surface area contributed by atoms with Gasteiger partial charge in [-0.05, 0) is 68.8 Å². The third-order valence-corrected chi connectivity index (χ3v) is 6.22. The molecular weight excluding hydrogens is 392 g/mol. The Morgan fingerprint density at radius 1 is 1.03 bits per heavy atom. The van der Waals surface area contributed by atoms with E-state index in [1.807, 2.05) is 87.5 Å². The van der Waals surface area contributed by atoms with Crippen molar-refractivity contribution in [2.75, 3.05) is 7.11 Å². The Morgan fingerprint density at radius 3 is 2.50 bits per heavy atom. The molecule has 1 aromatic heterocycles. The van der Waals surface area contributed by atoms with Gasteiger partial charge in [-0.1, -0.05) is 41.6 Å². The van der Waals surface area contributed by atoms with E-state index in [1.165, 1.54) is 11.8 Å². The second-order valence-corrected chi connectivity index (χ2v) is 8.67. The van der Waals surface area contributed by atoms with Crippen molar-refractivity contribution in [1.29, 1.82) is 0 Å². The van der Waals surface area contributed by atoms with E-state index in [9.17, 15) is 4.79 Å². The van der Waals surface area contributed by atoms with Gasteiger partial charge in [0, 0.05) is 11.3 Å². The van der Waals surface area contributed by atoms with Crippen molar-refractivity contribution in [1.82, 2.24) is 9.55 Å². The number of ketones is 1. The number of carbonyl (C=O) groups is 1. The van der Waals surface area contributed by atoms with E-state index in [4.69, 9.17) is 9.72 Å². The maximum atomic E-state index is 13.2. The van der Waals surface area contributed by atoms with Crippen LogP contribution in [0.15, 0.2) is 71.9 Å². The van der Waals surface area contributed by atoms with Crippen LogP contribution in [0, 0.1) is 13.8 Å². The van der Waals surface area contributed by atoms with E-state index in [0.717, 1.165) is 44.3 Å². The minimum absolute atomic E-state index is 0.120. The molecule has 0 unspecified atom stereocenters.